The van der Waals surface area contributed by atoms with Crippen molar-refractivity contribution >= 4 is 5.91 Å². The fraction of sp³-hybridized carbons (Fsp3) is 0.385. The van der Waals surface area contributed by atoms with Crippen molar-refractivity contribution in [2.45, 2.75) is 19.9 Å². The maximum absolute atomic E-state index is 11.4. The van der Waals surface area contributed by atoms with E-state index in [1.54, 1.807) is 12.1 Å². The number of nitriles is 1. The smallest absolute Gasteiger partial charge is 0.246 e. The molecule has 1 rings (SSSR count). The van der Waals surface area contributed by atoms with Gasteiger partial charge in [0.25, 0.3) is 0 Å². The molecule has 4 heteroatoms. The molecule has 1 atom stereocenters. The fourth-order valence-electron chi connectivity index (χ4n) is 1.41. The lowest BCUT2D eigenvalue weighted by atomic mass is 10.1. The van der Waals surface area contributed by atoms with Gasteiger partial charge in [0.2, 0.25) is 5.91 Å². The Morgan fingerprint density at radius 2 is 2.12 bits per heavy atom. The van der Waals surface area contributed by atoms with Crippen molar-refractivity contribution in [2.75, 3.05) is 13.2 Å². The second kappa shape index (κ2) is 6.66. The summed E-state index contributed by atoms with van der Waals surface area (Å²) in [7, 11) is 0. The Bertz CT molecular complexity index is 406. The van der Waals surface area contributed by atoms with Crippen molar-refractivity contribution in [1.29, 1.82) is 5.26 Å². The van der Waals surface area contributed by atoms with Crippen LogP contribution in [0.5, 0.6) is 0 Å². The van der Waals surface area contributed by atoms with E-state index in [4.69, 9.17) is 10.00 Å². The molecule has 4 nitrogen and oxygen atoms in total. The summed E-state index contributed by atoms with van der Waals surface area (Å²) in [5.41, 5.74) is 1.58. The lowest BCUT2D eigenvalue weighted by Gasteiger charge is -2.14. The topological polar surface area (TPSA) is 62.1 Å². The Labute approximate surface area is 101 Å². The summed E-state index contributed by atoms with van der Waals surface area (Å²) >= 11 is 0. The van der Waals surface area contributed by atoms with E-state index in [-0.39, 0.29) is 18.6 Å². The van der Waals surface area contributed by atoms with Crippen LogP contribution in [0.25, 0.3) is 0 Å². The average Bonchev–Trinajstić information content (AvgIpc) is 2.36. The molecular formula is C13H16N2O2. The SMILES string of the molecule is CCOCC(=O)NC(C)c1ccc(C#N)cc1. The van der Waals surface area contributed by atoms with Crippen molar-refractivity contribution in [3.8, 4) is 6.07 Å². The number of hydrogen-bond donors (Lipinski definition) is 1. The summed E-state index contributed by atoms with van der Waals surface area (Å²) in [6.07, 6.45) is 0. The summed E-state index contributed by atoms with van der Waals surface area (Å²) in [5, 5.41) is 11.5. The van der Waals surface area contributed by atoms with Crippen LogP contribution in [0.4, 0.5) is 0 Å². The summed E-state index contributed by atoms with van der Waals surface area (Å²) in [5.74, 6) is -0.135. The van der Waals surface area contributed by atoms with Gasteiger partial charge in [0.1, 0.15) is 6.61 Å². The predicted octanol–water partition coefficient (Wildman–Crippen LogP) is 1.77. The highest BCUT2D eigenvalue weighted by molar-refractivity contribution is 5.77. The Hall–Kier alpha value is -1.86. The quantitative estimate of drug-likeness (QED) is 0.841. The van der Waals surface area contributed by atoms with Crippen molar-refractivity contribution < 1.29 is 9.53 Å². The van der Waals surface area contributed by atoms with E-state index in [2.05, 4.69) is 11.4 Å². The molecule has 0 aliphatic heterocycles. The van der Waals surface area contributed by atoms with Crippen molar-refractivity contribution in [3.63, 3.8) is 0 Å². The highest BCUT2D eigenvalue weighted by Crippen LogP contribution is 2.12. The van der Waals surface area contributed by atoms with Gasteiger partial charge in [-0.3, -0.25) is 4.79 Å². The molecule has 0 heterocycles. The first-order chi connectivity index (χ1) is 8.17. The van der Waals surface area contributed by atoms with Crippen LogP contribution < -0.4 is 5.32 Å². The van der Waals surface area contributed by atoms with Crippen molar-refractivity contribution in [1.82, 2.24) is 5.32 Å². The van der Waals surface area contributed by atoms with Gasteiger partial charge in [0, 0.05) is 6.61 Å². The number of nitrogens with one attached hydrogen (secondary N) is 1. The molecule has 0 radical (unpaired) electrons. The molecule has 1 amide bonds. The Morgan fingerprint density at radius 3 is 2.65 bits per heavy atom. The van der Waals surface area contributed by atoms with E-state index >= 15 is 0 Å². The normalized spacial score (nSPS) is 11.6. The van der Waals surface area contributed by atoms with E-state index in [9.17, 15) is 4.79 Å². The van der Waals surface area contributed by atoms with Crippen LogP contribution in [0.1, 0.15) is 31.0 Å². The Morgan fingerprint density at radius 1 is 1.47 bits per heavy atom. The van der Waals surface area contributed by atoms with Crippen molar-refractivity contribution in [2.24, 2.45) is 0 Å². The van der Waals surface area contributed by atoms with Gasteiger partial charge in [-0.1, -0.05) is 12.1 Å². The van der Waals surface area contributed by atoms with Gasteiger partial charge < -0.3 is 10.1 Å². The number of rotatable bonds is 5. The first-order valence-electron chi connectivity index (χ1n) is 5.54. The zero-order chi connectivity index (χ0) is 12.7. The average molecular weight is 232 g/mol. The van der Waals surface area contributed by atoms with E-state index in [1.165, 1.54) is 0 Å². The number of carbonyl (C=O) groups excluding carboxylic acids is 1. The van der Waals surface area contributed by atoms with Gasteiger partial charge in [0.15, 0.2) is 0 Å². The second-order valence-corrected chi connectivity index (χ2v) is 3.66. The Kier molecular flexibility index (Phi) is 5.18. The molecule has 0 aliphatic rings. The number of hydrogen-bond acceptors (Lipinski definition) is 3. The molecule has 0 bridgehead atoms. The summed E-state index contributed by atoms with van der Waals surface area (Å²) in [6, 6.07) is 9.12. The lowest BCUT2D eigenvalue weighted by molar-refractivity contribution is -0.126. The van der Waals surface area contributed by atoms with Crippen molar-refractivity contribution in [3.05, 3.63) is 35.4 Å². The van der Waals surface area contributed by atoms with Crippen LogP contribution in [0.15, 0.2) is 24.3 Å². The van der Waals surface area contributed by atoms with Crippen LogP contribution in [0, 0.1) is 11.3 Å². The summed E-state index contributed by atoms with van der Waals surface area (Å²) in [4.78, 5) is 11.4. The van der Waals surface area contributed by atoms with Gasteiger partial charge in [0.05, 0.1) is 17.7 Å². The number of carbonyl (C=O) groups is 1. The van der Waals surface area contributed by atoms with Crippen LogP contribution >= 0.6 is 0 Å². The number of ether oxygens (including phenoxy) is 1. The standard InChI is InChI=1S/C13H16N2O2/c1-3-17-9-13(16)15-10(2)12-6-4-11(8-14)5-7-12/h4-7,10H,3,9H2,1-2H3,(H,15,16). The molecule has 0 fully saturated rings. The molecule has 0 saturated heterocycles. The third kappa shape index (κ3) is 4.25. The molecule has 1 aromatic rings. The minimum atomic E-state index is -0.135. The molecule has 1 aromatic carbocycles. The maximum atomic E-state index is 11.4. The minimum absolute atomic E-state index is 0.0805. The number of benzene rings is 1. The third-order valence-electron chi connectivity index (χ3n) is 2.35. The van der Waals surface area contributed by atoms with E-state index in [0.29, 0.717) is 12.2 Å². The molecule has 17 heavy (non-hydrogen) atoms. The molecule has 1 unspecified atom stereocenters. The maximum Gasteiger partial charge on any atom is 0.246 e. The van der Waals surface area contributed by atoms with Gasteiger partial charge in [-0.2, -0.15) is 5.26 Å². The zero-order valence-corrected chi connectivity index (χ0v) is 10.1. The van der Waals surface area contributed by atoms with Gasteiger partial charge in [-0.25, -0.2) is 0 Å². The minimum Gasteiger partial charge on any atom is -0.372 e. The molecule has 0 spiro atoms. The first kappa shape index (κ1) is 13.2. The van der Waals surface area contributed by atoms with Crippen LogP contribution in [0.2, 0.25) is 0 Å². The van der Waals surface area contributed by atoms with E-state index in [0.717, 1.165) is 5.56 Å². The molecule has 0 aliphatic carbocycles. The van der Waals surface area contributed by atoms with Crippen LogP contribution in [-0.2, 0) is 9.53 Å². The van der Waals surface area contributed by atoms with E-state index < -0.39 is 0 Å². The monoisotopic (exact) mass is 232 g/mol. The summed E-state index contributed by atoms with van der Waals surface area (Å²) < 4.78 is 5.01. The largest absolute Gasteiger partial charge is 0.372 e. The van der Waals surface area contributed by atoms with Gasteiger partial charge in [-0.15, -0.1) is 0 Å². The first-order valence-corrected chi connectivity index (χ1v) is 5.54. The van der Waals surface area contributed by atoms with Crippen LogP contribution in [0.3, 0.4) is 0 Å². The van der Waals surface area contributed by atoms with Crippen LogP contribution in [-0.4, -0.2) is 19.1 Å². The highest BCUT2D eigenvalue weighted by atomic mass is 16.5. The van der Waals surface area contributed by atoms with E-state index in [1.807, 2.05) is 26.0 Å². The fourth-order valence-corrected chi connectivity index (χ4v) is 1.41. The molecular weight excluding hydrogens is 216 g/mol. The number of nitrogens with zero attached hydrogens (tertiary/aromatic N) is 1. The molecule has 1 N–H and O–H groups in total. The Balaban J connectivity index is 2.54. The van der Waals surface area contributed by atoms with Gasteiger partial charge >= 0.3 is 0 Å². The molecule has 90 valence electrons. The lowest BCUT2D eigenvalue weighted by Crippen LogP contribution is -2.30. The highest BCUT2D eigenvalue weighted by Gasteiger charge is 2.09. The predicted molar refractivity (Wildman–Crippen MR) is 64.2 cm³/mol. The molecule has 0 aromatic heterocycles. The summed E-state index contributed by atoms with van der Waals surface area (Å²) in [6.45, 7) is 4.35. The molecule has 0 saturated carbocycles. The third-order valence-corrected chi connectivity index (χ3v) is 2.35. The number of amides is 1. The van der Waals surface area contributed by atoms with Gasteiger partial charge in [-0.05, 0) is 31.5 Å². The zero-order valence-electron chi connectivity index (χ0n) is 10.1. The second-order valence-electron chi connectivity index (χ2n) is 3.66.